The number of ether oxygens (including phenoxy) is 1. The number of carbonyl (C=O) groups is 2. The molecular formula is C28H37N3O3. The van der Waals surface area contributed by atoms with Crippen LogP contribution in [-0.4, -0.2) is 49.1 Å². The van der Waals surface area contributed by atoms with Crippen LogP contribution in [0.25, 0.3) is 5.57 Å². The summed E-state index contributed by atoms with van der Waals surface area (Å²) in [6, 6.07) is 13.9. The highest BCUT2D eigenvalue weighted by Gasteiger charge is 2.39. The van der Waals surface area contributed by atoms with Crippen LogP contribution in [-0.2, 0) is 14.3 Å². The van der Waals surface area contributed by atoms with E-state index in [1.165, 1.54) is 4.90 Å². The zero-order valence-electron chi connectivity index (χ0n) is 21.3. The minimum absolute atomic E-state index is 0.116. The van der Waals surface area contributed by atoms with Gasteiger partial charge in [-0.15, -0.1) is 0 Å². The number of amides is 2. The molecular weight excluding hydrogens is 426 g/mol. The van der Waals surface area contributed by atoms with Gasteiger partial charge in [0.05, 0.1) is 11.7 Å². The fourth-order valence-electron chi connectivity index (χ4n) is 4.09. The van der Waals surface area contributed by atoms with E-state index in [-0.39, 0.29) is 17.9 Å². The Bertz CT molecular complexity index is 1050. The first kappa shape index (κ1) is 25.5. The van der Waals surface area contributed by atoms with Gasteiger partial charge in [0, 0.05) is 37.6 Å². The molecule has 2 amide bonds. The summed E-state index contributed by atoms with van der Waals surface area (Å²) >= 11 is 0. The lowest BCUT2D eigenvalue weighted by molar-refractivity contribution is -0.137. The molecule has 1 aliphatic heterocycles. The van der Waals surface area contributed by atoms with E-state index in [1.807, 2.05) is 70.2 Å². The second kappa shape index (κ2) is 11.3. The van der Waals surface area contributed by atoms with Crippen LogP contribution in [0.2, 0.25) is 0 Å². The minimum Gasteiger partial charge on any atom is -0.379 e. The third-order valence-electron chi connectivity index (χ3n) is 6.21. The number of nitrogens with one attached hydrogen (secondary N) is 1. The quantitative estimate of drug-likeness (QED) is 0.369. The minimum atomic E-state index is -0.296. The molecule has 1 N–H and O–H groups in total. The molecule has 0 saturated carbocycles. The summed E-state index contributed by atoms with van der Waals surface area (Å²) in [5.41, 5.74) is 5.63. The summed E-state index contributed by atoms with van der Waals surface area (Å²) in [6.45, 7) is 14.9. The average molecular weight is 464 g/mol. The lowest BCUT2D eigenvalue weighted by atomic mass is 9.99. The van der Waals surface area contributed by atoms with E-state index in [9.17, 15) is 9.59 Å². The summed E-state index contributed by atoms with van der Waals surface area (Å²) < 4.78 is 5.60. The molecule has 3 rings (SSSR count). The maximum atomic E-state index is 13.4. The van der Waals surface area contributed by atoms with Crippen molar-refractivity contribution in [3.63, 3.8) is 0 Å². The maximum absolute atomic E-state index is 13.4. The number of hydrogen-bond donors (Lipinski definition) is 1. The summed E-state index contributed by atoms with van der Waals surface area (Å²) in [4.78, 5) is 30.4. The Labute approximate surface area is 203 Å². The van der Waals surface area contributed by atoms with Crippen LogP contribution in [0.4, 0.5) is 11.4 Å². The number of carbonyl (C=O) groups excluding carboxylic acids is 2. The number of imide groups is 1. The van der Waals surface area contributed by atoms with E-state index < -0.39 is 0 Å². The van der Waals surface area contributed by atoms with Gasteiger partial charge in [-0.25, -0.2) is 0 Å². The van der Waals surface area contributed by atoms with E-state index in [2.05, 4.69) is 24.1 Å². The van der Waals surface area contributed by atoms with Gasteiger partial charge in [-0.3, -0.25) is 14.5 Å². The standard InChI is InChI=1S/C28H37N3O3/c1-7-30(8-2)24-14-12-23(13-15-24)29-26-25(22-11-10-20(5)21(6)18-22)27(32)31(28(26)33)16-9-17-34-19(3)4/h10-15,18-19,29H,7-9,16-17H2,1-6H3. The van der Waals surface area contributed by atoms with Crippen LogP contribution < -0.4 is 10.2 Å². The zero-order valence-corrected chi connectivity index (χ0v) is 21.3. The summed E-state index contributed by atoms with van der Waals surface area (Å²) in [5.74, 6) is -0.560. The highest BCUT2D eigenvalue weighted by atomic mass is 16.5. The Balaban J connectivity index is 1.91. The van der Waals surface area contributed by atoms with Crippen molar-refractivity contribution in [3.05, 3.63) is 64.9 Å². The van der Waals surface area contributed by atoms with Crippen molar-refractivity contribution in [1.82, 2.24) is 4.90 Å². The van der Waals surface area contributed by atoms with Crippen LogP contribution in [0, 0.1) is 13.8 Å². The largest absolute Gasteiger partial charge is 0.379 e. The van der Waals surface area contributed by atoms with Gasteiger partial charge in [-0.2, -0.15) is 0 Å². The van der Waals surface area contributed by atoms with E-state index in [4.69, 9.17) is 4.74 Å². The molecule has 0 saturated heterocycles. The van der Waals surface area contributed by atoms with Crippen molar-refractivity contribution in [2.75, 3.05) is 36.5 Å². The number of rotatable bonds is 11. The van der Waals surface area contributed by atoms with Gasteiger partial charge in [-0.1, -0.05) is 18.2 Å². The number of benzene rings is 2. The van der Waals surface area contributed by atoms with E-state index in [0.29, 0.717) is 30.8 Å². The molecule has 0 fully saturated rings. The van der Waals surface area contributed by atoms with Crippen molar-refractivity contribution in [2.45, 2.75) is 54.1 Å². The van der Waals surface area contributed by atoms with Gasteiger partial charge in [0.1, 0.15) is 5.70 Å². The van der Waals surface area contributed by atoms with Crippen LogP contribution in [0.3, 0.4) is 0 Å². The summed E-state index contributed by atoms with van der Waals surface area (Å²) in [7, 11) is 0. The molecule has 0 unspecified atom stereocenters. The predicted molar refractivity (Wildman–Crippen MR) is 139 cm³/mol. The van der Waals surface area contributed by atoms with Gasteiger partial charge in [0.25, 0.3) is 11.8 Å². The third kappa shape index (κ3) is 5.68. The molecule has 6 nitrogen and oxygen atoms in total. The second-order valence-corrected chi connectivity index (χ2v) is 8.93. The molecule has 0 spiro atoms. The topological polar surface area (TPSA) is 61.9 Å². The predicted octanol–water partition coefficient (Wildman–Crippen LogP) is 5.16. The Morgan fingerprint density at radius 3 is 2.21 bits per heavy atom. The van der Waals surface area contributed by atoms with Gasteiger partial charge in [0.15, 0.2) is 0 Å². The van der Waals surface area contributed by atoms with Crippen LogP contribution in [0.1, 0.15) is 50.8 Å². The third-order valence-corrected chi connectivity index (χ3v) is 6.21. The van der Waals surface area contributed by atoms with Gasteiger partial charge >= 0.3 is 0 Å². The van der Waals surface area contributed by atoms with Crippen molar-refractivity contribution < 1.29 is 14.3 Å². The van der Waals surface area contributed by atoms with Crippen LogP contribution in [0.5, 0.6) is 0 Å². The first-order chi connectivity index (χ1) is 16.3. The first-order valence-corrected chi connectivity index (χ1v) is 12.2. The molecule has 0 radical (unpaired) electrons. The Hall–Kier alpha value is -3.12. The molecule has 182 valence electrons. The Kier molecular flexibility index (Phi) is 8.51. The number of aryl methyl sites for hydroxylation is 2. The van der Waals surface area contributed by atoms with E-state index in [1.54, 1.807) is 0 Å². The maximum Gasteiger partial charge on any atom is 0.278 e. The molecule has 6 heteroatoms. The zero-order chi connectivity index (χ0) is 24.8. The summed E-state index contributed by atoms with van der Waals surface area (Å²) in [6.07, 6.45) is 0.715. The smallest absolute Gasteiger partial charge is 0.278 e. The monoisotopic (exact) mass is 463 g/mol. The van der Waals surface area contributed by atoms with Crippen molar-refractivity contribution in [2.24, 2.45) is 0 Å². The van der Waals surface area contributed by atoms with Gasteiger partial charge in [0.2, 0.25) is 0 Å². The summed E-state index contributed by atoms with van der Waals surface area (Å²) in [5, 5.41) is 3.26. The number of hydrogen-bond acceptors (Lipinski definition) is 5. The lowest BCUT2D eigenvalue weighted by Gasteiger charge is -2.21. The highest BCUT2D eigenvalue weighted by molar-refractivity contribution is 6.36. The van der Waals surface area contributed by atoms with Crippen LogP contribution >= 0.6 is 0 Å². The first-order valence-electron chi connectivity index (χ1n) is 12.2. The van der Waals surface area contributed by atoms with E-state index in [0.717, 1.165) is 41.2 Å². The average Bonchev–Trinajstić information content (AvgIpc) is 3.04. The second-order valence-electron chi connectivity index (χ2n) is 8.93. The normalized spacial score (nSPS) is 13.9. The molecule has 0 aliphatic carbocycles. The molecule has 2 aromatic rings. The fourth-order valence-corrected chi connectivity index (χ4v) is 4.09. The lowest BCUT2D eigenvalue weighted by Crippen LogP contribution is -2.34. The molecule has 34 heavy (non-hydrogen) atoms. The van der Waals surface area contributed by atoms with Crippen molar-refractivity contribution >= 4 is 28.8 Å². The molecule has 2 aromatic carbocycles. The van der Waals surface area contributed by atoms with Crippen molar-refractivity contribution in [3.8, 4) is 0 Å². The van der Waals surface area contributed by atoms with Crippen molar-refractivity contribution in [1.29, 1.82) is 0 Å². The van der Waals surface area contributed by atoms with Gasteiger partial charge in [-0.05, 0) is 88.9 Å². The van der Waals surface area contributed by atoms with Crippen LogP contribution in [0.15, 0.2) is 48.2 Å². The molecule has 0 aromatic heterocycles. The Morgan fingerprint density at radius 2 is 1.62 bits per heavy atom. The number of anilines is 2. The SMILES string of the molecule is CCN(CC)c1ccc(NC2=C(c3ccc(C)c(C)c3)C(=O)N(CCCOC(C)C)C2=O)cc1. The van der Waals surface area contributed by atoms with E-state index >= 15 is 0 Å². The molecule has 0 bridgehead atoms. The molecule has 1 aliphatic rings. The molecule has 1 heterocycles. The number of nitrogens with zero attached hydrogens (tertiary/aromatic N) is 2. The highest BCUT2D eigenvalue weighted by Crippen LogP contribution is 2.32. The van der Waals surface area contributed by atoms with Gasteiger partial charge < -0.3 is 15.0 Å². The fraction of sp³-hybridized carbons (Fsp3) is 0.429. The Morgan fingerprint density at radius 1 is 0.941 bits per heavy atom. The molecule has 0 atom stereocenters.